The number of nitrogens with zero attached hydrogens (tertiary/aromatic N) is 3. The van der Waals surface area contributed by atoms with E-state index < -0.39 is 21.7 Å². The van der Waals surface area contributed by atoms with E-state index in [0.29, 0.717) is 23.1 Å². The number of ether oxygens (including phenoxy) is 2. The van der Waals surface area contributed by atoms with Crippen molar-refractivity contribution in [2.75, 3.05) is 44.8 Å². The highest BCUT2D eigenvalue weighted by molar-refractivity contribution is 7.91. The molecule has 2 aliphatic rings. The number of hydrogen-bond donors (Lipinski definition) is 2. The molecule has 11 nitrogen and oxygen atoms in total. The van der Waals surface area contributed by atoms with E-state index in [4.69, 9.17) is 9.47 Å². The van der Waals surface area contributed by atoms with Crippen LogP contribution in [-0.2, 0) is 21.1 Å². The van der Waals surface area contributed by atoms with Gasteiger partial charge in [0.15, 0.2) is 0 Å². The van der Waals surface area contributed by atoms with Crippen molar-refractivity contribution in [1.29, 1.82) is 0 Å². The van der Waals surface area contributed by atoms with E-state index in [0.717, 1.165) is 44.1 Å². The number of benzene rings is 2. The third-order valence-corrected chi connectivity index (χ3v) is 10.0. The second-order valence-electron chi connectivity index (χ2n) is 10.0. The van der Waals surface area contributed by atoms with Crippen molar-refractivity contribution in [2.24, 2.45) is 0 Å². The van der Waals surface area contributed by atoms with Gasteiger partial charge in [-0.15, -0.1) is 11.3 Å². The van der Waals surface area contributed by atoms with Gasteiger partial charge in [-0.1, -0.05) is 12.1 Å². The Morgan fingerprint density at radius 2 is 1.88 bits per heavy atom. The van der Waals surface area contributed by atoms with E-state index >= 15 is 0 Å². The summed E-state index contributed by atoms with van der Waals surface area (Å²) in [5.74, 6) is -0.271. The molecular weight excluding hydrogens is 590 g/mol. The van der Waals surface area contributed by atoms with Gasteiger partial charge in [-0.2, -0.15) is 0 Å². The van der Waals surface area contributed by atoms with Crippen LogP contribution in [0.25, 0.3) is 10.7 Å². The smallest absolute Gasteiger partial charge is 0.257 e. The first-order valence-electron chi connectivity index (χ1n) is 13.8. The second-order valence-corrected chi connectivity index (χ2v) is 13.0. The van der Waals surface area contributed by atoms with Gasteiger partial charge in [0.1, 0.15) is 10.8 Å². The number of rotatable bonds is 9. The molecule has 13 heteroatoms. The molecule has 43 heavy (non-hydrogen) atoms. The third-order valence-electron chi connectivity index (χ3n) is 7.12. The molecule has 6 rings (SSSR count). The van der Waals surface area contributed by atoms with Crippen LogP contribution in [0, 0.1) is 0 Å². The highest BCUT2D eigenvalue weighted by Crippen LogP contribution is 2.34. The van der Waals surface area contributed by atoms with Crippen LogP contribution >= 0.6 is 11.3 Å². The van der Waals surface area contributed by atoms with Crippen LogP contribution in [0.1, 0.15) is 32.0 Å². The number of thiazole rings is 1. The summed E-state index contributed by atoms with van der Waals surface area (Å²) in [7, 11) is -3.95. The van der Waals surface area contributed by atoms with Crippen LogP contribution in [0.2, 0.25) is 0 Å². The standard InChI is InChI=1S/C30H29N5O6S2/c36-28(20-6-9-27-25(16-20)34-29(37)23-4-1-2-5-26(23)43(27,38)39)32-18-22-19-33-30(42-22)24-8-7-21(17-31-24)41-13-3-10-35-11-14-40-15-12-35/h1-2,4-9,16-17,19H,3,10-15,18H2,(H,32,36)(H,34,37). The van der Waals surface area contributed by atoms with Gasteiger partial charge in [0, 0.05) is 36.3 Å². The molecule has 2 aliphatic heterocycles. The Morgan fingerprint density at radius 1 is 1.05 bits per heavy atom. The number of aromatic nitrogens is 2. The van der Waals surface area contributed by atoms with Gasteiger partial charge in [-0.25, -0.2) is 18.4 Å². The minimum atomic E-state index is -3.95. The predicted octanol–water partition coefficient (Wildman–Crippen LogP) is 3.63. The number of nitrogens with one attached hydrogen (secondary N) is 2. The molecule has 0 unspecified atom stereocenters. The first-order valence-corrected chi connectivity index (χ1v) is 16.1. The lowest BCUT2D eigenvalue weighted by atomic mass is 10.1. The molecule has 2 amide bonds. The van der Waals surface area contributed by atoms with Gasteiger partial charge in [-0.3, -0.25) is 14.5 Å². The maximum Gasteiger partial charge on any atom is 0.257 e. The fourth-order valence-corrected chi connectivity index (χ4v) is 7.29. The van der Waals surface area contributed by atoms with Crippen LogP contribution in [-0.4, -0.2) is 74.6 Å². The Labute approximate surface area is 252 Å². The number of amides is 2. The van der Waals surface area contributed by atoms with Gasteiger partial charge in [0.2, 0.25) is 9.84 Å². The van der Waals surface area contributed by atoms with Crippen LogP contribution in [0.4, 0.5) is 5.69 Å². The van der Waals surface area contributed by atoms with E-state index in [1.807, 2.05) is 12.1 Å². The van der Waals surface area contributed by atoms with E-state index in [1.54, 1.807) is 24.5 Å². The lowest BCUT2D eigenvalue weighted by molar-refractivity contribution is 0.0358. The summed E-state index contributed by atoms with van der Waals surface area (Å²) in [6, 6.07) is 13.9. The zero-order valence-electron chi connectivity index (χ0n) is 23.1. The van der Waals surface area contributed by atoms with E-state index in [9.17, 15) is 18.0 Å². The number of fused-ring (bicyclic) bond motifs is 2. The molecule has 2 aromatic carbocycles. The SMILES string of the molecule is O=C(NCc1cnc(-c2ccc(OCCCN3CCOCC3)cn2)s1)c1ccc2c(c1)NC(=O)c1ccccc1S2(=O)=O. The van der Waals surface area contributed by atoms with Gasteiger partial charge in [0.25, 0.3) is 11.8 Å². The summed E-state index contributed by atoms with van der Waals surface area (Å²) in [6.07, 6.45) is 4.29. The molecule has 4 heterocycles. The van der Waals surface area contributed by atoms with Gasteiger partial charge in [-0.05, 0) is 48.9 Å². The molecule has 4 aromatic rings. The summed E-state index contributed by atoms with van der Waals surface area (Å²) in [5, 5.41) is 6.17. The largest absolute Gasteiger partial charge is 0.492 e. The van der Waals surface area contributed by atoms with Gasteiger partial charge in [0.05, 0.1) is 59.3 Å². The zero-order valence-corrected chi connectivity index (χ0v) is 24.7. The van der Waals surface area contributed by atoms with Crippen LogP contribution in [0.3, 0.4) is 0 Å². The van der Waals surface area contributed by atoms with Crippen molar-refractivity contribution >= 4 is 38.7 Å². The van der Waals surface area contributed by atoms with E-state index in [2.05, 4.69) is 25.5 Å². The average molecular weight is 620 g/mol. The van der Waals surface area contributed by atoms with Crippen molar-refractivity contribution in [1.82, 2.24) is 20.2 Å². The lowest BCUT2D eigenvalue weighted by Crippen LogP contribution is -2.37. The quantitative estimate of drug-likeness (QED) is 0.269. The Kier molecular flexibility index (Phi) is 8.47. The van der Waals surface area contributed by atoms with E-state index in [1.165, 1.54) is 41.7 Å². The molecule has 0 bridgehead atoms. The Hall–Kier alpha value is -4.17. The minimum Gasteiger partial charge on any atom is -0.492 e. The summed E-state index contributed by atoms with van der Waals surface area (Å²) < 4.78 is 37.6. The lowest BCUT2D eigenvalue weighted by Gasteiger charge is -2.26. The van der Waals surface area contributed by atoms with E-state index in [-0.39, 0.29) is 33.2 Å². The number of anilines is 1. The Morgan fingerprint density at radius 3 is 2.70 bits per heavy atom. The number of carbonyl (C=O) groups excluding carboxylic acids is 2. The fraction of sp³-hybridized carbons (Fsp3) is 0.267. The molecular formula is C30H29N5O6S2. The molecule has 0 atom stereocenters. The summed E-state index contributed by atoms with van der Waals surface area (Å²) >= 11 is 1.40. The molecule has 1 saturated heterocycles. The number of pyridine rings is 1. The Balaban J connectivity index is 1.04. The van der Waals surface area contributed by atoms with Crippen molar-refractivity contribution in [3.8, 4) is 16.5 Å². The number of sulfone groups is 1. The third kappa shape index (κ3) is 6.44. The zero-order chi connectivity index (χ0) is 29.8. The normalized spacial score (nSPS) is 16.0. The summed E-state index contributed by atoms with van der Waals surface area (Å²) in [5.41, 5.74) is 1.03. The number of carbonyl (C=O) groups is 2. The highest BCUT2D eigenvalue weighted by Gasteiger charge is 2.31. The topological polar surface area (TPSA) is 140 Å². The molecule has 2 N–H and O–H groups in total. The molecule has 0 radical (unpaired) electrons. The van der Waals surface area contributed by atoms with Gasteiger partial charge < -0.3 is 20.1 Å². The molecule has 0 spiro atoms. The van der Waals surface area contributed by atoms with Crippen LogP contribution < -0.4 is 15.4 Å². The summed E-state index contributed by atoms with van der Waals surface area (Å²) in [6.45, 7) is 5.31. The monoisotopic (exact) mass is 619 g/mol. The molecule has 0 aliphatic carbocycles. The van der Waals surface area contributed by atoms with Crippen LogP contribution in [0.5, 0.6) is 5.75 Å². The van der Waals surface area contributed by atoms with Crippen LogP contribution in [0.15, 0.2) is 76.8 Å². The molecule has 1 fully saturated rings. The molecule has 0 saturated carbocycles. The predicted molar refractivity (Wildman–Crippen MR) is 160 cm³/mol. The fourth-order valence-electron chi connectivity index (χ4n) is 4.87. The maximum absolute atomic E-state index is 13.2. The molecule has 2 aromatic heterocycles. The first-order chi connectivity index (χ1) is 20.9. The molecule has 222 valence electrons. The first kappa shape index (κ1) is 28.9. The Bertz CT molecular complexity index is 1750. The number of morpholine rings is 1. The minimum absolute atomic E-state index is 0.0573. The maximum atomic E-state index is 13.2. The van der Waals surface area contributed by atoms with Crippen molar-refractivity contribution in [3.63, 3.8) is 0 Å². The second kappa shape index (κ2) is 12.6. The number of hydrogen-bond acceptors (Lipinski definition) is 10. The van der Waals surface area contributed by atoms with Crippen molar-refractivity contribution in [2.45, 2.75) is 22.8 Å². The highest BCUT2D eigenvalue weighted by atomic mass is 32.2. The van der Waals surface area contributed by atoms with Gasteiger partial charge >= 0.3 is 0 Å². The van der Waals surface area contributed by atoms with Crippen molar-refractivity contribution in [3.05, 3.63) is 83.0 Å². The average Bonchev–Trinajstić information content (AvgIpc) is 3.49. The van der Waals surface area contributed by atoms with Crippen molar-refractivity contribution < 1.29 is 27.5 Å². The summed E-state index contributed by atoms with van der Waals surface area (Å²) in [4.78, 5) is 37.6.